The Labute approximate surface area is 233 Å². The molecular weight excluding hydrogens is 549 g/mol. The Kier molecular flexibility index (Phi) is 8.29. The number of amides is 2. The van der Waals surface area contributed by atoms with E-state index in [0.29, 0.717) is 10.7 Å². The first kappa shape index (κ1) is 28.8. The lowest BCUT2D eigenvalue weighted by Gasteiger charge is -2.24. The van der Waals surface area contributed by atoms with E-state index in [0.717, 1.165) is 17.3 Å². The number of nitrogens with zero attached hydrogens (tertiary/aromatic N) is 4. The summed E-state index contributed by atoms with van der Waals surface area (Å²) in [6, 6.07) is 16.3. The zero-order chi connectivity index (χ0) is 29.1. The Morgan fingerprint density at radius 2 is 1.80 bits per heavy atom. The third kappa shape index (κ3) is 6.87. The average Bonchev–Trinajstić information content (AvgIpc) is 3.34. The third-order valence-electron chi connectivity index (χ3n) is 6.15. The van der Waals surface area contributed by atoms with Crippen molar-refractivity contribution >= 4 is 34.9 Å². The van der Waals surface area contributed by atoms with Crippen molar-refractivity contribution in [1.29, 1.82) is 0 Å². The van der Waals surface area contributed by atoms with Gasteiger partial charge in [-0.25, -0.2) is 9.99 Å². The van der Waals surface area contributed by atoms with Crippen molar-refractivity contribution in [2.45, 2.75) is 37.9 Å². The molecule has 2 heterocycles. The van der Waals surface area contributed by atoms with E-state index in [1.165, 1.54) is 18.9 Å². The Morgan fingerprint density at radius 1 is 1.12 bits per heavy atom. The van der Waals surface area contributed by atoms with Crippen LogP contribution in [-0.2, 0) is 4.79 Å². The summed E-state index contributed by atoms with van der Waals surface area (Å²) in [5, 5.41) is 9.31. The number of nitrogens with two attached hydrogens (primary N) is 1. The van der Waals surface area contributed by atoms with Crippen LogP contribution in [-0.4, -0.2) is 52.4 Å². The van der Waals surface area contributed by atoms with Crippen LogP contribution in [0.2, 0.25) is 5.02 Å². The molecule has 40 heavy (non-hydrogen) atoms. The number of nitrogens with one attached hydrogen (secondary N) is 1. The van der Waals surface area contributed by atoms with Crippen molar-refractivity contribution in [2.75, 3.05) is 18.2 Å². The summed E-state index contributed by atoms with van der Waals surface area (Å²) in [4.78, 5) is 33.3. The first-order valence-electron chi connectivity index (χ1n) is 12.2. The highest BCUT2D eigenvalue weighted by Crippen LogP contribution is 2.33. The van der Waals surface area contributed by atoms with Gasteiger partial charge in [0.1, 0.15) is 17.7 Å². The molecule has 9 nitrogen and oxygen atoms in total. The van der Waals surface area contributed by atoms with Crippen molar-refractivity contribution in [2.24, 2.45) is 10.8 Å². The number of hydrogen-bond acceptors (Lipinski definition) is 7. The van der Waals surface area contributed by atoms with Gasteiger partial charge in [-0.3, -0.25) is 9.59 Å². The lowest BCUT2D eigenvalue weighted by Crippen LogP contribution is -2.53. The van der Waals surface area contributed by atoms with Crippen molar-refractivity contribution in [3.63, 3.8) is 0 Å². The van der Waals surface area contributed by atoms with Crippen LogP contribution in [0, 0.1) is 0 Å². The number of carbonyl (C=O) groups is 2. The smallest absolute Gasteiger partial charge is 0.392 e. The maximum atomic E-state index is 13.3. The van der Waals surface area contributed by atoms with E-state index in [-0.39, 0.29) is 29.9 Å². The van der Waals surface area contributed by atoms with E-state index in [2.05, 4.69) is 15.3 Å². The molecule has 1 aliphatic heterocycles. The number of aromatic nitrogens is 2. The molecule has 0 aliphatic carbocycles. The second-order valence-corrected chi connectivity index (χ2v) is 10.0. The topological polar surface area (TPSA) is 123 Å². The summed E-state index contributed by atoms with van der Waals surface area (Å²) in [7, 11) is 0. The van der Waals surface area contributed by atoms with E-state index >= 15 is 0 Å². The standard InChI is InChI=1S/C27H26ClF3N6O3/c1-26(2,24(32)39)35-23(38)19-14-33-25(40-13-12-27(29,30)31)34-22(19)37-15-20(16-6-4-3-5-7-16)21(36-37)17-8-10-18(28)11-9-17/h3-11,14,20H,12-13,15H2,1-2H3,(H2,32,39)(H,35,38). The van der Waals surface area contributed by atoms with Gasteiger partial charge in [0.2, 0.25) is 5.91 Å². The number of primary amides is 1. The van der Waals surface area contributed by atoms with Gasteiger partial charge in [-0.2, -0.15) is 23.3 Å². The summed E-state index contributed by atoms with van der Waals surface area (Å²) in [6.07, 6.45) is -4.52. The molecule has 0 saturated heterocycles. The Balaban J connectivity index is 1.76. The van der Waals surface area contributed by atoms with Gasteiger partial charge in [0.05, 0.1) is 18.7 Å². The largest absolute Gasteiger partial charge is 0.463 e. The lowest BCUT2D eigenvalue weighted by molar-refractivity contribution is -0.139. The number of halogens is 4. The van der Waals surface area contributed by atoms with Crippen LogP contribution in [0.15, 0.2) is 65.9 Å². The summed E-state index contributed by atoms with van der Waals surface area (Å²) in [5.41, 5.74) is 6.29. The molecule has 2 aromatic carbocycles. The van der Waals surface area contributed by atoms with Crippen LogP contribution in [0.1, 0.15) is 47.7 Å². The maximum absolute atomic E-state index is 13.3. The van der Waals surface area contributed by atoms with E-state index in [1.54, 1.807) is 12.1 Å². The molecule has 1 atom stereocenters. The van der Waals surface area contributed by atoms with Gasteiger partial charge in [0.25, 0.3) is 5.91 Å². The highest BCUT2D eigenvalue weighted by molar-refractivity contribution is 6.30. The Morgan fingerprint density at radius 3 is 2.42 bits per heavy atom. The van der Waals surface area contributed by atoms with Gasteiger partial charge in [-0.1, -0.05) is 54.1 Å². The molecule has 4 rings (SSSR count). The molecule has 2 amide bonds. The van der Waals surface area contributed by atoms with Crippen LogP contribution in [0.4, 0.5) is 19.0 Å². The predicted octanol–water partition coefficient (Wildman–Crippen LogP) is 4.46. The normalized spacial score (nSPS) is 15.5. The van der Waals surface area contributed by atoms with Crippen LogP contribution >= 0.6 is 11.6 Å². The summed E-state index contributed by atoms with van der Waals surface area (Å²) < 4.78 is 43.1. The van der Waals surface area contributed by atoms with Crippen LogP contribution in [0.5, 0.6) is 6.01 Å². The quantitative estimate of drug-likeness (QED) is 0.389. The number of ether oxygens (including phenoxy) is 1. The zero-order valence-corrected chi connectivity index (χ0v) is 22.3. The SMILES string of the molecule is CC(C)(NC(=O)c1cnc(OCCC(F)(F)F)nc1N1CC(c2ccccc2)C(c2ccc(Cl)cc2)=N1)C(N)=O. The van der Waals surface area contributed by atoms with Gasteiger partial charge in [-0.05, 0) is 37.1 Å². The van der Waals surface area contributed by atoms with Crippen LogP contribution < -0.4 is 20.8 Å². The zero-order valence-electron chi connectivity index (χ0n) is 21.6. The fourth-order valence-corrected chi connectivity index (χ4v) is 4.04. The minimum absolute atomic E-state index is 0.0142. The molecule has 1 aromatic heterocycles. The molecule has 0 bridgehead atoms. The molecule has 3 N–H and O–H groups in total. The Hall–Kier alpha value is -4.19. The molecule has 0 spiro atoms. The highest BCUT2D eigenvalue weighted by atomic mass is 35.5. The number of hydrogen-bond donors (Lipinski definition) is 2. The maximum Gasteiger partial charge on any atom is 0.392 e. The van der Waals surface area contributed by atoms with E-state index in [4.69, 9.17) is 27.2 Å². The van der Waals surface area contributed by atoms with Crippen LogP contribution in [0.25, 0.3) is 0 Å². The lowest BCUT2D eigenvalue weighted by atomic mass is 9.90. The fraction of sp³-hybridized carbons (Fsp3) is 0.296. The molecule has 3 aromatic rings. The summed E-state index contributed by atoms with van der Waals surface area (Å²) >= 11 is 6.09. The number of hydrazone groups is 1. The minimum atomic E-state index is -4.43. The van der Waals surface area contributed by atoms with Gasteiger partial charge < -0.3 is 15.8 Å². The van der Waals surface area contributed by atoms with Crippen molar-refractivity contribution in [3.8, 4) is 6.01 Å². The van der Waals surface area contributed by atoms with E-state index in [9.17, 15) is 22.8 Å². The third-order valence-corrected chi connectivity index (χ3v) is 6.40. The first-order valence-corrected chi connectivity index (χ1v) is 12.6. The number of carbonyl (C=O) groups excluding carboxylic acids is 2. The molecule has 1 unspecified atom stereocenters. The van der Waals surface area contributed by atoms with Crippen molar-refractivity contribution in [3.05, 3.63) is 82.5 Å². The Bertz CT molecular complexity index is 1420. The molecule has 0 radical (unpaired) electrons. The molecule has 210 valence electrons. The van der Waals surface area contributed by atoms with Gasteiger partial charge in [0, 0.05) is 17.1 Å². The number of rotatable bonds is 9. The molecule has 0 saturated carbocycles. The number of alkyl halides is 3. The number of benzene rings is 2. The first-order chi connectivity index (χ1) is 18.8. The number of anilines is 1. The summed E-state index contributed by atoms with van der Waals surface area (Å²) in [6.45, 7) is 2.39. The van der Waals surface area contributed by atoms with Gasteiger partial charge >= 0.3 is 12.2 Å². The predicted molar refractivity (Wildman–Crippen MR) is 143 cm³/mol. The van der Waals surface area contributed by atoms with Crippen LogP contribution in [0.3, 0.4) is 0 Å². The van der Waals surface area contributed by atoms with Gasteiger partial charge in [0.15, 0.2) is 5.82 Å². The van der Waals surface area contributed by atoms with E-state index in [1.807, 2.05) is 42.5 Å². The monoisotopic (exact) mass is 574 g/mol. The molecular formula is C27H26ClF3N6O3. The fourth-order valence-electron chi connectivity index (χ4n) is 3.92. The molecule has 13 heteroatoms. The molecule has 1 aliphatic rings. The highest BCUT2D eigenvalue weighted by Gasteiger charge is 2.35. The van der Waals surface area contributed by atoms with Crippen molar-refractivity contribution in [1.82, 2.24) is 15.3 Å². The second kappa shape index (κ2) is 11.5. The van der Waals surface area contributed by atoms with Crippen molar-refractivity contribution < 1.29 is 27.5 Å². The second-order valence-electron chi connectivity index (χ2n) is 9.58. The summed E-state index contributed by atoms with van der Waals surface area (Å²) in [5.74, 6) is -1.78. The minimum Gasteiger partial charge on any atom is -0.463 e. The van der Waals surface area contributed by atoms with E-state index < -0.39 is 36.6 Å². The average molecular weight is 575 g/mol. The van der Waals surface area contributed by atoms with Gasteiger partial charge in [-0.15, -0.1) is 0 Å². The molecule has 0 fully saturated rings.